The fourth-order valence-electron chi connectivity index (χ4n) is 3.11. The van der Waals surface area contributed by atoms with Gasteiger partial charge in [-0.05, 0) is 43.7 Å². The van der Waals surface area contributed by atoms with Crippen molar-refractivity contribution in [1.29, 1.82) is 0 Å². The Labute approximate surface area is 157 Å². The fourth-order valence-corrected chi connectivity index (χ4v) is 4.03. The Morgan fingerprint density at radius 1 is 1.08 bits per heavy atom. The molecule has 1 atom stereocenters. The molecule has 0 aliphatic carbocycles. The summed E-state index contributed by atoms with van der Waals surface area (Å²) in [5.41, 5.74) is 0.746. The van der Waals surface area contributed by atoms with Crippen LogP contribution in [0.2, 0.25) is 0 Å². The third-order valence-electron chi connectivity index (χ3n) is 4.38. The van der Waals surface area contributed by atoms with Gasteiger partial charge in [-0.25, -0.2) is 0 Å². The number of anilines is 1. The summed E-state index contributed by atoms with van der Waals surface area (Å²) in [7, 11) is 0. The summed E-state index contributed by atoms with van der Waals surface area (Å²) in [6, 6.07) is 17.1. The average Bonchev–Trinajstić information content (AvgIpc) is 2.64. The van der Waals surface area contributed by atoms with Crippen LogP contribution < -0.4 is 5.32 Å². The number of nitrogens with one attached hydrogen (secondary N) is 1. The van der Waals surface area contributed by atoms with E-state index in [4.69, 9.17) is 0 Å². The smallest absolute Gasteiger partial charge is 0.320 e. The summed E-state index contributed by atoms with van der Waals surface area (Å²) in [6.07, 6.45) is 2.42. The molecule has 2 aromatic carbocycles. The van der Waals surface area contributed by atoms with Crippen molar-refractivity contribution in [1.82, 2.24) is 4.90 Å². The van der Waals surface area contributed by atoms with E-state index in [2.05, 4.69) is 5.32 Å². The highest BCUT2D eigenvalue weighted by Gasteiger charge is 2.29. The second-order valence-corrected chi connectivity index (χ2v) is 7.40. The maximum atomic E-state index is 12.5. The molecule has 26 heavy (non-hydrogen) atoms. The van der Waals surface area contributed by atoms with Crippen LogP contribution in [0.3, 0.4) is 0 Å². The number of rotatable bonds is 6. The van der Waals surface area contributed by atoms with E-state index in [0.717, 1.165) is 28.3 Å². The lowest BCUT2D eigenvalue weighted by molar-refractivity contribution is -0.145. The van der Waals surface area contributed by atoms with Crippen LogP contribution in [0.5, 0.6) is 0 Å². The number of para-hydroxylation sites is 1. The Morgan fingerprint density at radius 3 is 2.58 bits per heavy atom. The molecule has 2 aromatic rings. The quantitative estimate of drug-likeness (QED) is 0.811. The highest BCUT2D eigenvalue weighted by atomic mass is 32.2. The van der Waals surface area contributed by atoms with E-state index in [1.807, 2.05) is 54.6 Å². The molecule has 0 radical (unpaired) electrons. The van der Waals surface area contributed by atoms with Crippen LogP contribution in [0.15, 0.2) is 64.4 Å². The molecule has 0 saturated carbocycles. The largest absolute Gasteiger partial charge is 0.480 e. The van der Waals surface area contributed by atoms with Gasteiger partial charge in [0.15, 0.2) is 0 Å². The minimum Gasteiger partial charge on any atom is -0.480 e. The zero-order chi connectivity index (χ0) is 18.4. The van der Waals surface area contributed by atoms with Crippen molar-refractivity contribution in [2.75, 3.05) is 18.4 Å². The zero-order valence-electron chi connectivity index (χ0n) is 14.4. The molecule has 2 N–H and O–H groups in total. The van der Waals surface area contributed by atoms with Crippen LogP contribution in [0.25, 0.3) is 0 Å². The summed E-state index contributed by atoms with van der Waals surface area (Å²) < 4.78 is 0. The van der Waals surface area contributed by atoms with E-state index < -0.39 is 12.0 Å². The number of benzene rings is 2. The predicted molar refractivity (Wildman–Crippen MR) is 102 cm³/mol. The van der Waals surface area contributed by atoms with Gasteiger partial charge in [-0.3, -0.25) is 14.5 Å². The topological polar surface area (TPSA) is 69.6 Å². The third-order valence-corrected chi connectivity index (χ3v) is 5.46. The van der Waals surface area contributed by atoms with E-state index >= 15 is 0 Å². The first-order chi connectivity index (χ1) is 12.6. The zero-order valence-corrected chi connectivity index (χ0v) is 15.2. The number of carbonyl (C=O) groups is 2. The normalized spacial score (nSPS) is 17.6. The standard InChI is InChI=1S/C20H22N2O3S/c23-19(14-22-13-7-6-11-17(22)20(24)25)21-16-10-4-5-12-18(16)26-15-8-2-1-3-9-15/h1-5,8-10,12,17H,6-7,11,13-14H2,(H,21,23)(H,24,25). The van der Waals surface area contributed by atoms with Crippen LogP contribution in [-0.4, -0.2) is 41.0 Å². The van der Waals surface area contributed by atoms with Gasteiger partial charge < -0.3 is 10.4 Å². The van der Waals surface area contributed by atoms with Gasteiger partial charge in [-0.15, -0.1) is 0 Å². The van der Waals surface area contributed by atoms with Gasteiger partial charge in [0.2, 0.25) is 5.91 Å². The SMILES string of the molecule is O=C(CN1CCCCC1C(=O)O)Nc1ccccc1Sc1ccccc1. The van der Waals surface area contributed by atoms with Gasteiger partial charge >= 0.3 is 5.97 Å². The number of hydrogen-bond acceptors (Lipinski definition) is 4. The number of piperidine rings is 1. The number of carboxylic acid groups (broad SMARTS) is 1. The van der Waals surface area contributed by atoms with Crippen LogP contribution in [0.4, 0.5) is 5.69 Å². The molecule has 136 valence electrons. The number of amides is 1. The number of nitrogens with zero attached hydrogens (tertiary/aromatic N) is 1. The maximum absolute atomic E-state index is 12.5. The summed E-state index contributed by atoms with van der Waals surface area (Å²) in [6.45, 7) is 0.742. The van der Waals surface area contributed by atoms with Gasteiger partial charge in [0.25, 0.3) is 0 Å². The number of aliphatic carboxylic acids is 1. The minimum atomic E-state index is -0.850. The van der Waals surface area contributed by atoms with Gasteiger partial charge in [0, 0.05) is 9.79 Å². The summed E-state index contributed by atoms with van der Waals surface area (Å²) >= 11 is 1.59. The minimum absolute atomic E-state index is 0.0985. The molecule has 0 aromatic heterocycles. The van der Waals surface area contributed by atoms with Crippen LogP contribution >= 0.6 is 11.8 Å². The van der Waals surface area contributed by atoms with Crippen molar-refractivity contribution in [2.24, 2.45) is 0 Å². The van der Waals surface area contributed by atoms with Crippen molar-refractivity contribution >= 4 is 29.3 Å². The third kappa shape index (κ3) is 4.86. The van der Waals surface area contributed by atoms with Crippen molar-refractivity contribution in [3.63, 3.8) is 0 Å². The van der Waals surface area contributed by atoms with E-state index in [0.29, 0.717) is 13.0 Å². The molecule has 1 aliphatic rings. The molecule has 1 unspecified atom stereocenters. The number of carbonyl (C=O) groups excluding carboxylic acids is 1. The van der Waals surface area contributed by atoms with E-state index in [1.165, 1.54) is 0 Å². The second-order valence-electron chi connectivity index (χ2n) is 6.28. The molecule has 1 aliphatic heterocycles. The lowest BCUT2D eigenvalue weighted by Gasteiger charge is -2.32. The van der Waals surface area contributed by atoms with Crippen molar-refractivity contribution in [2.45, 2.75) is 35.1 Å². The maximum Gasteiger partial charge on any atom is 0.320 e. The van der Waals surface area contributed by atoms with Crippen LogP contribution in [-0.2, 0) is 9.59 Å². The molecule has 0 spiro atoms. The lowest BCUT2D eigenvalue weighted by Crippen LogP contribution is -2.47. The number of likely N-dealkylation sites (tertiary alicyclic amines) is 1. The van der Waals surface area contributed by atoms with Gasteiger partial charge in [-0.1, -0.05) is 48.5 Å². The van der Waals surface area contributed by atoms with Crippen LogP contribution in [0, 0.1) is 0 Å². The highest BCUT2D eigenvalue weighted by molar-refractivity contribution is 7.99. The monoisotopic (exact) mass is 370 g/mol. The first-order valence-corrected chi connectivity index (χ1v) is 9.54. The Morgan fingerprint density at radius 2 is 1.81 bits per heavy atom. The molecule has 1 fully saturated rings. The number of hydrogen-bond donors (Lipinski definition) is 2. The molecule has 5 nitrogen and oxygen atoms in total. The molecule has 6 heteroatoms. The van der Waals surface area contributed by atoms with Crippen LogP contribution in [0.1, 0.15) is 19.3 Å². The molecule has 3 rings (SSSR count). The van der Waals surface area contributed by atoms with Crippen molar-refractivity contribution in [3.05, 3.63) is 54.6 Å². The van der Waals surface area contributed by atoms with Crippen molar-refractivity contribution < 1.29 is 14.7 Å². The Bertz CT molecular complexity index is 767. The number of carboxylic acids is 1. The molecule has 1 saturated heterocycles. The lowest BCUT2D eigenvalue weighted by atomic mass is 10.0. The molecule has 1 heterocycles. The van der Waals surface area contributed by atoms with Gasteiger partial charge in [0.1, 0.15) is 6.04 Å². The average molecular weight is 370 g/mol. The van der Waals surface area contributed by atoms with E-state index in [-0.39, 0.29) is 12.5 Å². The summed E-state index contributed by atoms with van der Waals surface area (Å²) in [5.74, 6) is -1.03. The van der Waals surface area contributed by atoms with E-state index in [1.54, 1.807) is 16.7 Å². The summed E-state index contributed by atoms with van der Waals surface area (Å²) in [4.78, 5) is 27.7. The molecular formula is C20H22N2O3S. The molecule has 0 bridgehead atoms. The molecular weight excluding hydrogens is 348 g/mol. The fraction of sp³-hybridized carbons (Fsp3) is 0.300. The van der Waals surface area contributed by atoms with Gasteiger partial charge in [0.05, 0.1) is 12.2 Å². The second kappa shape index (κ2) is 8.87. The highest BCUT2D eigenvalue weighted by Crippen LogP contribution is 2.33. The first-order valence-electron chi connectivity index (χ1n) is 8.72. The first kappa shape index (κ1) is 18.5. The Balaban J connectivity index is 1.66. The predicted octanol–water partition coefficient (Wildman–Crippen LogP) is 3.72. The molecule has 1 amide bonds. The van der Waals surface area contributed by atoms with Gasteiger partial charge in [-0.2, -0.15) is 0 Å². The van der Waals surface area contributed by atoms with E-state index in [9.17, 15) is 14.7 Å². The Kier molecular flexibility index (Phi) is 6.30. The van der Waals surface area contributed by atoms with Crippen molar-refractivity contribution in [3.8, 4) is 0 Å². The Hall–Kier alpha value is -2.31. The summed E-state index contributed by atoms with van der Waals surface area (Å²) in [5, 5.41) is 12.3.